The van der Waals surface area contributed by atoms with Crippen molar-refractivity contribution in [2.75, 3.05) is 13.1 Å². The first kappa shape index (κ1) is 13.9. The minimum atomic E-state index is 0.0991. The number of hydrogen-bond donors (Lipinski definition) is 1. The number of hydrogen-bond acceptors (Lipinski definition) is 2. The van der Waals surface area contributed by atoms with Gasteiger partial charge in [0.25, 0.3) is 0 Å². The zero-order valence-electron chi connectivity index (χ0n) is 11.7. The van der Waals surface area contributed by atoms with Crippen LogP contribution in [0.1, 0.15) is 58.3 Å². The van der Waals surface area contributed by atoms with Crippen LogP contribution in [0.2, 0.25) is 0 Å². The van der Waals surface area contributed by atoms with Crippen molar-refractivity contribution in [3.8, 4) is 0 Å². The normalized spacial score (nSPS) is 34.1. The highest BCUT2D eigenvalue weighted by molar-refractivity contribution is 5.79. The van der Waals surface area contributed by atoms with E-state index in [9.17, 15) is 4.79 Å². The number of carbonyl (C=O) groups excluding carboxylic acids is 1. The van der Waals surface area contributed by atoms with E-state index in [0.717, 1.165) is 25.9 Å². The molecule has 2 fully saturated rings. The number of nitrogens with two attached hydrogens (primary N) is 1. The summed E-state index contributed by atoms with van der Waals surface area (Å²) >= 11 is 0. The van der Waals surface area contributed by atoms with E-state index in [4.69, 9.17) is 5.73 Å². The molecule has 1 amide bonds. The zero-order chi connectivity index (χ0) is 13.0. The Bertz CT molecular complexity index is 280. The van der Waals surface area contributed by atoms with Gasteiger partial charge in [0.15, 0.2) is 0 Å². The quantitative estimate of drug-likeness (QED) is 0.768. The van der Waals surface area contributed by atoms with E-state index < -0.39 is 0 Å². The van der Waals surface area contributed by atoms with E-state index in [0.29, 0.717) is 11.8 Å². The Balaban J connectivity index is 1.96. The molecule has 3 unspecified atom stereocenters. The molecule has 1 heterocycles. The van der Waals surface area contributed by atoms with Gasteiger partial charge in [-0.25, -0.2) is 0 Å². The molecule has 3 atom stereocenters. The summed E-state index contributed by atoms with van der Waals surface area (Å²) in [6.45, 7) is 4.16. The highest BCUT2D eigenvalue weighted by Gasteiger charge is 2.32. The lowest BCUT2D eigenvalue weighted by Gasteiger charge is -2.35. The molecule has 1 saturated carbocycles. The predicted octanol–water partition coefficient (Wildman–Crippen LogP) is 2.54. The number of likely N-dealkylation sites (tertiary alicyclic amines) is 1. The van der Waals surface area contributed by atoms with Crippen LogP contribution in [0.3, 0.4) is 0 Å². The Labute approximate surface area is 111 Å². The molecular weight excluding hydrogens is 224 g/mol. The van der Waals surface area contributed by atoms with Gasteiger partial charge in [-0.2, -0.15) is 0 Å². The third-order valence-corrected chi connectivity index (χ3v) is 4.79. The molecule has 1 saturated heterocycles. The monoisotopic (exact) mass is 252 g/mol. The summed E-state index contributed by atoms with van der Waals surface area (Å²) < 4.78 is 0. The van der Waals surface area contributed by atoms with Crippen LogP contribution in [0.15, 0.2) is 0 Å². The van der Waals surface area contributed by atoms with Gasteiger partial charge in [0.05, 0.1) is 5.92 Å². The molecule has 0 aromatic carbocycles. The van der Waals surface area contributed by atoms with Crippen molar-refractivity contribution in [3.05, 3.63) is 0 Å². The topological polar surface area (TPSA) is 46.3 Å². The van der Waals surface area contributed by atoms with Crippen LogP contribution in [-0.4, -0.2) is 29.9 Å². The van der Waals surface area contributed by atoms with Gasteiger partial charge in [0.2, 0.25) is 5.91 Å². The molecule has 0 aromatic heterocycles. The minimum absolute atomic E-state index is 0.0991. The first-order valence-corrected chi connectivity index (χ1v) is 7.76. The highest BCUT2D eigenvalue weighted by atomic mass is 16.2. The van der Waals surface area contributed by atoms with E-state index in [1.165, 1.54) is 38.5 Å². The van der Waals surface area contributed by atoms with Gasteiger partial charge in [-0.1, -0.05) is 32.6 Å². The third kappa shape index (κ3) is 3.25. The smallest absolute Gasteiger partial charge is 0.227 e. The van der Waals surface area contributed by atoms with Gasteiger partial charge in [-0.05, 0) is 31.6 Å². The van der Waals surface area contributed by atoms with Crippen molar-refractivity contribution in [2.24, 2.45) is 17.6 Å². The van der Waals surface area contributed by atoms with Gasteiger partial charge < -0.3 is 10.6 Å². The molecule has 3 nitrogen and oxygen atoms in total. The summed E-state index contributed by atoms with van der Waals surface area (Å²) in [5, 5.41) is 0. The van der Waals surface area contributed by atoms with Crippen molar-refractivity contribution in [1.29, 1.82) is 0 Å². The van der Waals surface area contributed by atoms with E-state index in [1.807, 2.05) is 0 Å². The Kier molecular flexibility index (Phi) is 5.04. The van der Waals surface area contributed by atoms with Crippen LogP contribution in [0.25, 0.3) is 0 Å². The lowest BCUT2D eigenvalue weighted by atomic mass is 9.90. The lowest BCUT2D eigenvalue weighted by Crippen LogP contribution is -2.47. The summed E-state index contributed by atoms with van der Waals surface area (Å²) in [5.74, 6) is 1.16. The second kappa shape index (κ2) is 6.55. The summed E-state index contributed by atoms with van der Waals surface area (Å²) in [7, 11) is 0. The SMILES string of the molecule is CCC1CCCN(C(=O)C2CCCCCC2N)C1. The molecule has 3 heteroatoms. The molecule has 0 aromatic rings. The number of rotatable bonds is 2. The number of carbonyl (C=O) groups is 1. The Morgan fingerprint density at radius 1 is 1.17 bits per heavy atom. The second-order valence-electron chi connectivity index (χ2n) is 6.11. The Morgan fingerprint density at radius 2 is 1.94 bits per heavy atom. The Morgan fingerprint density at radius 3 is 2.72 bits per heavy atom. The molecule has 1 aliphatic heterocycles. The predicted molar refractivity (Wildman–Crippen MR) is 74.1 cm³/mol. The van der Waals surface area contributed by atoms with Gasteiger partial charge in [-0.3, -0.25) is 4.79 Å². The van der Waals surface area contributed by atoms with Crippen LogP contribution in [-0.2, 0) is 4.79 Å². The number of nitrogens with zero attached hydrogens (tertiary/aromatic N) is 1. The first-order valence-electron chi connectivity index (χ1n) is 7.76. The van der Waals surface area contributed by atoms with Crippen molar-refractivity contribution in [1.82, 2.24) is 4.90 Å². The van der Waals surface area contributed by atoms with Gasteiger partial charge in [-0.15, -0.1) is 0 Å². The maximum atomic E-state index is 12.6. The second-order valence-corrected chi connectivity index (χ2v) is 6.11. The molecule has 0 spiro atoms. The highest BCUT2D eigenvalue weighted by Crippen LogP contribution is 2.27. The van der Waals surface area contributed by atoms with E-state index in [2.05, 4.69) is 11.8 Å². The number of piperidine rings is 1. The summed E-state index contributed by atoms with van der Waals surface area (Å²) in [6.07, 6.45) is 9.31. The fourth-order valence-electron chi connectivity index (χ4n) is 3.48. The maximum Gasteiger partial charge on any atom is 0.227 e. The molecule has 2 rings (SSSR count). The Hall–Kier alpha value is -0.570. The maximum absolute atomic E-state index is 12.6. The minimum Gasteiger partial charge on any atom is -0.342 e. The van der Waals surface area contributed by atoms with Crippen LogP contribution < -0.4 is 5.73 Å². The standard InChI is InChI=1S/C15H28N2O/c1-2-12-7-6-10-17(11-12)15(18)13-8-4-3-5-9-14(13)16/h12-14H,2-11,16H2,1H3. The summed E-state index contributed by atoms with van der Waals surface area (Å²) in [4.78, 5) is 14.7. The van der Waals surface area contributed by atoms with Crippen molar-refractivity contribution >= 4 is 5.91 Å². The first-order chi connectivity index (χ1) is 8.72. The fourth-order valence-corrected chi connectivity index (χ4v) is 3.48. The summed E-state index contributed by atoms with van der Waals surface area (Å²) in [5.41, 5.74) is 6.21. The average Bonchev–Trinajstić information content (AvgIpc) is 2.62. The van der Waals surface area contributed by atoms with Gasteiger partial charge >= 0.3 is 0 Å². The average molecular weight is 252 g/mol. The van der Waals surface area contributed by atoms with Crippen LogP contribution >= 0.6 is 0 Å². The van der Waals surface area contributed by atoms with Crippen molar-refractivity contribution in [3.63, 3.8) is 0 Å². The zero-order valence-corrected chi connectivity index (χ0v) is 11.7. The fraction of sp³-hybridized carbons (Fsp3) is 0.933. The van der Waals surface area contributed by atoms with Gasteiger partial charge in [0, 0.05) is 19.1 Å². The van der Waals surface area contributed by atoms with Crippen molar-refractivity contribution in [2.45, 2.75) is 64.3 Å². The largest absolute Gasteiger partial charge is 0.342 e. The number of amides is 1. The molecular formula is C15H28N2O. The molecule has 104 valence electrons. The van der Waals surface area contributed by atoms with E-state index >= 15 is 0 Å². The molecule has 1 aliphatic carbocycles. The van der Waals surface area contributed by atoms with Crippen LogP contribution in [0.4, 0.5) is 0 Å². The molecule has 0 radical (unpaired) electrons. The van der Waals surface area contributed by atoms with E-state index in [1.54, 1.807) is 0 Å². The van der Waals surface area contributed by atoms with E-state index in [-0.39, 0.29) is 12.0 Å². The van der Waals surface area contributed by atoms with Gasteiger partial charge in [0.1, 0.15) is 0 Å². The molecule has 2 N–H and O–H groups in total. The third-order valence-electron chi connectivity index (χ3n) is 4.79. The molecule has 18 heavy (non-hydrogen) atoms. The molecule has 0 bridgehead atoms. The summed E-state index contributed by atoms with van der Waals surface area (Å²) in [6, 6.07) is 0.0991. The van der Waals surface area contributed by atoms with Crippen molar-refractivity contribution < 1.29 is 4.79 Å². The lowest BCUT2D eigenvalue weighted by molar-refractivity contribution is -0.138. The molecule has 2 aliphatic rings. The van der Waals surface area contributed by atoms with Crippen LogP contribution in [0, 0.1) is 11.8 Å². The van der Waals surface area contributed by atoms with Crippen LogP contribution in [0.5, 0.6) is 0 Å².